The van der Waals surface area contributed by atoms with Gasteiger partial charge in [-0.15, -0.1) is 0 Å². The predicted octanol–water partition coefficient (Wildman–Crippen LogP) is 2.87. The van der Waals surface area contributed by atoms with E-state index in [-0.39, 0.29) is 0 Å². The predicted molar refractivity (Wildman–Crippen MR) is 81.3 cm³/mol. The highest BCUT2D eigenvalue weighted by atomic mass is 16.4. The van der Waals surface area contributed by atoms with Crippen LogP contribution in [0.15, 0.2) is 24.3 Å². The number of aliphatic carboxylic acids is 1. The van der Waals surface area contributed by atoms with Crippen LogP contribution < -0.4 is 0 Å². The maximum Gasteiger partial charge on any atom is 0.303 e. The van der Waals surface area contributed by atoms with Crippen LogP contribution in [-0.4, -0.2) is 34.1 Å². The molecule has 1 N–H and O–H groups in total. The Bertz CT molecular complexity index is 517. The number of benzene rings is 1. The third-order valence-corrected chi connectivity index (χ3v) is 5.80. The molecule has 3 nitrogen and oxygen atoms in total. The van der Waals surface area contributed by atoms with Crippen molar-refractivity contribution in [1.82, 2.24) is 4.90 Å². The second-order valence-corrected chi connectivity index (χ2v) is 7.10. The average Bonchev–Trinajstić information content (AvgIpc) is 2.97. The molecule has 3 heteroatoms. The lowest BCUT2D eigenvalue weighted by Gasteiger charge is -2.42. The summed E-state index contributed by atoms with van der Waals surface area (Å²) in [6, 6.07) is 10.8. The van der Waals surface area contributed by atoms with Crippen molar-refractivity contribution in [3.63, 3.8) is 0 Å². The van der Waals surface area contributed by atoms with E-state index in [9.17, 15) is 4.79 Å². The van der Waals surface area contributed by atoms with E-state index >= 15 is 0 Å². The van der Waals surface area contributed by atoms with Crippen LogP contribution in [0.5, 0.6) is 0 Å². The first-order valence-corrected chi connectivity index (χ1v) is 8.26. The zero-order valence-corrected chi connectivity index (χ0v) is 12.4. The third-order valence-electron chi connectivity index (χ3n) is 5.80. The highest BCUT2D eigenvalue weighted by Crippen LogP contribution is 2.43. The Morgan fingerprint density at radius 1 is 1.05 bits per heavy atom. The van der Waals surface area contributed by atoms with E-state index in [1.54, 1.807) is 0 Å². The van der Waals surface area contributed by atoms with Gasteiger partial charge in [-0.1, -0.05) is 24.3 Å². The molecular formula is C18H23NO2. The lowest BCUT2D eigenvalue weighted by molar-refractivity contribution is -0.138. The maximum atomic E-state index is 11.0. The SMILES string of the molecule is O=C(O)CC1CC2CCC(C1)N2C1Cc2ccccc2C1. The van der Waals surface area contributed by atoms with E-state index in [1.165, 1.54) is 36.8 Å². The number of nitrogens with zero attached hydrogens (tertiary/aromatic N) is 1. The number of carboxylic acids is 1. The Morgan fingerprint density at radius 2 is 1.62 bits per heavy atom. The first-order valence-electron chi connectivity index (χ1n) is 8.26. The van der Waals surface area contributed by atoms with Gasteiger partial charge < -0.3 is 5.11 Å². The highest BCUT2D eigenvalue weighted by molar-refractivity contribution is 5.67. The van der Waals surface area contributed by atoms with E-state index in [4.69, 9.17) is 5.11 Å². The summed E-state index contributed by atoms with van der Waals surface area (Å²) in [5, 5.41) is 9.04. The van der Waals surface area contributed by atoms with Gasteiger partial charge in [0.05, 0.1) is 0 Å². The van der Waals surface area contributed by atoms with Crippen LogP contribution in [0.2, 0.25) is 0 Å². The molecule has 0 amide bonds. The number of fused-ring (bicyclic) bond motifs is 3. The fourth-order valence-corrected chi connectivity index (χ4v) is 5.08. The Labute approximate surface area is 126 Å². The molecule has 1 aromatic rings. The third kappa shape index (κ3) is 2.38. The average molecular weight is 285 g/mol. The van der Waals surface area contributed by atoms with Crippen LogP contribution in [0.1, 0.15) is 43.2 Å². The normalized spacial score (nSPS) is 32.3. The number of piperidine rings is 1. The molecule has 1 aliphatic carbocycles. The van der Waals surface area contributed by atoms with Crippen LogP contribution in [0, 0.1) is 5.92 Å². The summed E-state index contributed by atoms with van der Waals surface area (Å²) in [6.07, 6.45) is 7.47. The van der Waals surface area contributed by atoms with Crippen molar-refractivity contribution in [3.05, 3.63) is 35.4 Å². The second-order valence-electron chi connectivity index (χ2n) is 7.10. The van der Waals surface area contributed by atoms with Crippen LogP contribution >= 0.6 is 0 Å². The van der Waals surface area contributed by atoms with Gasteiger partial charge in [-0.2, -0.15) is 0 Å². The van der Waals surface area contributed by atoms with Gasteiger partial charge in [0.25, 0.3) is 0 Å². The molecule has 1 aromatic carbocycles. The largest absolute Gasteiger partial charge is 0.481 e. The number of rotatable bonds is 3. The summed E-state index contributed by atoms with van der Waals surface area (Å²) >= 11 is 0. The zero-order valence-electron chi connectivity index (χ0n) is 12.4. The minimum Gasteiger partial charge on any atom is -0.481 e. The number of carbonyl (C=O) groups is 1. The van der Waals surface area contributed by atoms with Crippen molar-refractivity contribution in [3.8, 4) is 0 Å². The Hall–Kier alpha value is -1.35. The quantitative estimate of drug-likeness (QED) is 0.928. The van der Waals surface area contributed by atoms with Crippen molar-refractivity contribution in [2.24, 2.45) is 5.92 Å². The van der Waals surface area contributed by atoms with E-state index in [0.717, 1.165) is 12.8 Å². The molecule has 0 saturated carbocycles. The smallest absolute Gasteiger partial charge is 0.303 e. The minimum absolute atomic E-state index is 0.367. The molecule has 0 aromatic heterocycles. The zero-order chi connectivity index (χ0) is 14.4. The lowest BCUT2D eigenvalue weighted by Crippen LogP contribution is -2.49. The van der Waals surface area contributed by atoms with Gasteiger partial charge in [-0.3, -0.25) is 9.69 Å². The van der Waals surface area contributed by atoms with Crippen molar-refractivity contribution in [2.45, 2.75) is 63.1 Å². The molecule has 2 atom stereocenters. The van der Waals surface area contributed by atoms with Crippen LogP contribution in [0.4, 0.5) is 0 Å². The lowest BCUT2D eigenvalue weighted by atomic mass is 9.87. The summed E-state index contributed by atoms with van der Waals surface area (Å²) in [5.41, 5.74) is 3.05. The molecule has 4 rings (SSSR count). The van der Waals surface area contributed by atoms with E-state index in [1.807, 2.05) is 0 Å². The number of carboxylic acid groups (broad SMARTS) is 1. The summed E-state index contributed by atoms with van der Waals surface area (Å²) in [5.74, 6) is -0.221. The summed E-state index contributed by atoms with van der Waals surface area (Å²) in [6.45, 7) is 0. The van der Waals surface area contributed by atoms with Crippen molar-refractivity contribution >= 4 is 5.97 Å². The molecule has 2 unspecified atom stereocenters. The van der Waals surface area contributed by atoms with Crippen molar-refractivity contribution < 1.29 is 9.90 Å². The van der Waals surface area contributed by atoms with E-state index < -0.39 is 5.97 Å². The first-order chi connectivity index (χ1) is 10.2. The Morgan fingerprint density at radius 3 is 2.14 bits per heavy atom. The summed E-state index contributed by atoms with van der Waals surface area (Å²) < 4.78 is 0. The first kappa shape index (κ1) is 13.3. The van der Waals surface area contributed by atoms with Gasteiger partial charge >= 0.3 is 5.97 Å². The fraction of sp³-hybridized carbons (Fsp3) is 0.611. The molecule has 2 saturated heterocycles. The molecule has 2 heterocycles. The molecule has 2 bridgehead atoms. The molecule has 0 spiro atoms. The van der Waals surface area contributed by atoms with Crippen molar-refractivity contribution in [1.29, 1.82) is 0 Å². The summed E-state index contributed by atoms with van der Waals surface area (Å²) in [4.78, 5) is 13.7. The topological polar surface area (TPSA) is 40.5 Å². The molecule has 3 aliphatic rings. The van der Waals surface area contributed by atoms with Gasteiger partial charge in [0, 0.05) is 24.5 Å². The van der Waals surface area contributed by atoms with Crippen LogP contribution in [0.25, 0.3) is 0 Å². The second kappa shape index (κ2) is 5.13. The van der Waals surface area contributed by atoms with E-state index in [0.29, 0.717) is 30.5 Å². The molecule has 21 heavy (non-hydrogen) atoms. The Kier molecular flexibility index (Phi) is 3.26. The van der Waals surface area contributed by atoms with Gasteiger partial charge in [0.1, 0.15) is 0 Å². The monoisotopic (exact) mass is 285 g/mol. The standard InChI is InChI=1S/C18H23NO2/c20-18(21)9-12-7-15-5-6-16(8-12)19(15)17-10-13-3-1-2-4-14(13)11-17/h1-4,12,15-17H,5-11H2,(H,20,21). The molecule has 2 fully saturated rings. The van der Waals surface area contributed by atoms with Gasteiger partial charge in [-0.25, -0.2) is 0 Å². The fourth-order valence-electron chi connectivity index (χ4n) is 5.08. The highest BCUT2D eigenvalue weighted by Gasteiger charge is 2.45. The Balaban J connectivity index is 1.48. The maximum absolute atomic E-state index is 11.0. The number of hydrogen-bond donors (Lipinski definition) is 1. The van der Waals surface area contributed by atoms with Gasteiger partial charge in [-0.05, 0) is 55.6 Å². The molecule has 0 radical (unpaired) electrons. The van der Waals surface area contributed by atoms with Gasteiger partial charge in [0.2, 0.25) is 0 Å². The van der Waals surface area contributed by atoms with Gasteiger partial charge in [0.15, 0.2) is 0 Å². The summed E-state index contributed by atoms with van der Waals surface area (Å²) in [7, 11) is 0. The van der Waals surface area contributed by atoms with Crippen molar-refractivity contribution in [2.75, 3.05) is 0 Å². The minimum atomic E-state index is -0.624. The number of hydrogen-bond acceptors (Lipinski definition) is 2. The molecule has 112 valence electrons. The molecule has 2 aliphatic heterocycles. The molecular weight excluding hydrogens is 262 g/mol. The van der Waals surface area contributed by atoms with Crippen LogP contribution in [-0.2, 0) is 17.6 Å². The van der Waals surface area contributed by atoms with Crippen LogP contribution in [0.3, 0.4) is 0 Å². The van der Waals surface area contributed by atoms with E-state index in [2.05, 4.69) is 29.2 Å².